The molecular formula is C21H28N4O3. The molecule has 0 fully saturated rings. The van der Waals surface area contributed by atoms with E-state index in [1.165, 1.54) is 6.20 Å². The van der Waals surface area contributed by atoms with Gasteiger partial charge in [0.25, 0.3) is 0 Å². The smallest absolute Gasteiger partial charge is 0.343 e. The fourth-order valence-corrected chi connectivity index (χ4v) is 2.77. The summed E-state index contributed by atoms with van der Waals surface area (Å²) in [6, 6.07) is 9.46. The second-order valence-corrected chi connectivity index (χ2v) is 6.28. The van der Waals surface area contributed by atoms with E-state index in [-0.39, 0.29) is 24.6 Å². The minimum atomic E-state index is -0.518. The molecule has 0 atom stereocenters. The van der Waals surface area contributed by atoms with Crippen molar-refractivity contribution < 1.29 is 14.3 Å². The van der Waals surface area contributed by atoms with Crippen molar-refractivity contribution in [2.75, 3.05) is 31.6 Å². The van der Waals surface area contributed by atoms with Gasteiger partial charge in [0.15, 0.2) is 5.82 Å². The maximum Gasteiger partial charge on any atom is 0.343 e. The number of carbonyl (C=O) groups excluding carboxylic acids is 2. The Hall–Kier alpha value is -2.96. The van der Waals surface area contributed by atoms with Gasteiger partial charge in [-0.25, -0.2) is 14.8 Å². The number of carbonyl (C=O) groups is 2. The van der Waals surface area contributed by atoms with Crippen molar-refractivity contribution in [1.29, 1.82) is 0 Å². The molecule has 2 aromatic rings. The maximum absolute atomic E-state index is 12.6. The third-order valence-corrected chi connectivity index (χ3v) is 4.06. The third kappa shape index (κ3) is 5.77. The van der Waals surface area contributed by atoms with E-state index in [9.17, 15) is 9.59 Å². The van der Waals surface area contributed by atoms with Gasteiger partial charge in [0.1, 0.15) is 11.4 Å². The van der Waals surface area contributed by atoms with E-state index >= 15 is 0 Å². The van der Waals surface area contributed by atoms with Gasteiger partial charge in [0.05, 0.1) is 13.2 Å². The van der Waals surface area contributed by atoms with Crippen molar-refractivity contribution in [2.24, 2.45) is 0 Å². The monoisotopic (exact) mass is 384 g/mol. The first-order valence-corrected chi connectivity index (χ1v) is 9.71. The summed E-state index contributed by atoms with van der Waals surface area (Å²) in [7, 11) is 0. The summed E-state index contributed by atoms with van der Waals surface area (Å²) in [5.41, 5.74) is 1.04. The SMILES string of the molecule is CCCN(CCC)C(=O)CNc1nc(-c2ccccc2)ncc1C(=O)OCC. The number of hydrogen-bond donors (Lipinski definition) is 1. The topological polar surface area (TPSA) is 84.4 Å². The number of hydrogen-bond acceptors (Lipinski definition) is 6. The van der Waals surface area contributed by atoms with Crippen LogP contribution in [0.15, 0.2) is 36.5 Å². The van der Waals surface area contributed by atoms with Crippen LogP contribution in [0.4, 0.5) is 5.82 Å². The molecule has 1 amide bonds. The fraction of sp³-hybridized carbons (Fsp3) is 0.429. The molecule has 0 saturated carbocycles. The van der Waals surface area contributed by atoms with Gasteiger partial charge in [-0.05, 0) is 19.8 Å². The summed E-state index contributed by atoms with van der Waals surface area (Å²) < 4.78 is 5.09. The number of rotatable bonds is 10. The Bertz CT molecular complexity index is 774. The van der Waals surface area contributed by atoms with E-state index in [1.807, 2.05) is 49.1 Å². The van der Waals surface area contributed by atoms with Crippen LogP contribution >= 0.6 is 0 Å². The molecule has 150 valence electrons. The maximum atomic E-state index is 12.6. The minimum absolute atomic E-state index is 0.0293. The van der Waals surface area contributed by atoms with Crippen LogP contribution < -0.4 is 5.32 Å². The van der Waals surface area contributed by atoms with Crippen LogP contribution in [-0.4, -0.2) is 53.0 Å². The van der Waals surface area contributed by atoms with Crippen molar-refractivity contribution in [2.45, 2.75) is 33.6 Å². The molecule has 7 nitrogen and oxygen atoms in total. The molecule has 7 heteroatoms. The largest absolute Gasteiger partial charge is 0.462 e. The van der Waals surface area contributed by atoms with Crippen molar-refractivity contribution in [3.8, 4) is 11.4 Å². The van der Waals surface area contributed by atoms with Crippen LogP contribution in [0.2, 0.25) is 0 Å². The Morgan fingerprint density at radius 3 is 2.36 bits per heavy atom. The molecule has 0 spiro atoms. The lowest BCUT2D eigenvalue weighted by Crippen LogP contribution is -2.37. The molecule has 0 unspecified atom stereocenters. The van der Waals surface area contributed by atoms with Gasteiger partial charge >= 0.3 is 5.97 Å². The number of aromatic nitrogens is 2. The lowest BCUT2D eigenvalue weighted by Gasteiger charge is -2.22. The Balaban J connectivity index is 2.25. The van der Waals surface area contributed by atoms with Crippen LogP contribution in [0.5, 0.6) is 0 Å². The van der Waals surface area contributed by atoms with Crippen molar-refractivity contribution in [1.82, 2.24) is 14.9 Å². The van der Waals surface area contributed by atoms with Gasteiger partial charge in [0.2, 0.25) is 5.91 Å². The predicted octanol–water partition coefficient (Wildman–Crippen LogP) is 3.38. The first-order valence-electron chi connectivity index (χ1n) is 9.71. The van der Waals surface area contributed by atoms with Gasteiger partial charge in [-0.2, -0.15) is 0 Å². The zero-order chi connectivity index (χ0) is 20.4. The fourth-order valence-electron chi connectivity index (χ4n) is 2.77. The second-order valence-electron chi connectivity index (χ2n) is 6.28. The molecule has 0 radical (unpaired) electrons. The van der Waals surface area contributed by atoms with Crippen LogP contribution in [0.25, 0.3) is 11.4 Å². The zero-order valence-corrected chi connectivity index (χ0v) is 16.8. The predicted molar refractivity (Wildman–Crippen MR) is 109 cm³/mol. The zero-order valence-electron chi connectivity index (χ0n) is 16.8. The number of ether oxygens (including phenoxy) is 1. The summed E-state index contributed by atoms with van der Waals surface area (Å²) in [4.78, 5) is 35.4. The Morgan fingerprint density at radius 1 is 1.07 bits per heavy atom. The summed E-state index contributed by atoms with van der Waals surface area (Å²) >= 11 is 0. The number of benzene rings is 1. The Kier molecular flexibility index (Phi) is 8.39. The number of amides is 1. The first-order chi connectivity index (χ1) is 13.6. The Morgan fingerprint density at radius 2 is 1.75 bits per heavy atom. The standard InChI is InChI=1S/C21H28N4O3/c1-4-12-25(13-5-2)18(26)15-23-20-17(21(27)28-6-3)14-22-19(24-20)16-10-8-7-9-11-16/h7-11,14H,4-6,12-13,15H2,1-3H3,(H,22,23,24). The average molecular weight is 384 g/mol. The molecule has 0 aliphatic rings. The van der Waals surface area contributed by atoms with Gasteiger partial charge in [-0.3, -0.25) is 4.79 Å². The Labute approximate surface area is 166 Å². The van der Waals surface area contributed by atoms with E-state index in [2.05, 4.69) is 15.3 Å². The number of nitrogens with zero attached hydrogens (tertiary/aromatic N) is 3. The van der Waals surface area contributed by atoms with Crippen LogP contribution in [0, 0.1) is 0 Å². The molecule has 0 saturated heterocycles. The van der Waals surface area contributed by atoms with Gasteiger partial charge < -0.3 is 15.0 Å². The highest BCUT2D eigenvalue weighted by molar-refractivity contribution is 5.95. The molecule has 0 bridgehead atoms. The average Bonchev–Trinajstić information content (AvgIpc) is 2.72. The minimum Gasteiger partial charge on any atom is -0.462 e. The van der Waals surface area contributed by atoms with E-state index in [0.29, 0.717) is 24.7 Å². The van der Waals surface area contributed by atoms with E-state index < -0.39 is 5.97 Å². The highest BCUT2D eigenvalue weighted by Crippen LogP contribution is 2.20. The summed E-state index contributed by atoms with van der Waals surface area (Å²) in [5, 5.41) is 3.02. The highest BCUT2D eigenvalue weighted by atomic mass is 16.5. The van der Waals surface area contributed by atoms with E-state index in [0.717, 1.165) is 18.4 Å². The third-order valence-electron chi connectivity index (χ3n) is 4.06. The van der Waals surface area contributed by atoms with Gasteiger partial charge in [0, 0.05) is 24.8 Å². The molecule has 2 rings (SSSR count). The molecule has 1 heterocycles. The van der Waals surface area contributed by atoms with Crippen molar-refractivity contribution in [3.63, 3.8) is 0 Å². The van der Waals surface area contributed by atoms with Crippen molar-refractivity contribution >= 4 is 17.7 Å². The molecular weight excluding hydrogens is 356 g/mol. The summed E-state index contributed by atoms with van der Waals surface area (Å²) in [6.45, 7) is 7.53. The van der Waals surface area contributed by atoms with E-state index in [1.54, 1.807) is 6.92 Å². The van der Waals surface area contributed by atoms with Gasteiger partial charge in [-0.1, -0.05) is 44.2 Å². The second kappa shape index (κ2) is 11.0. The molecule has 28 heavy (non-hydrogen) atoms. The number of esters is 1. The molecule has 1 N–H and O–H groups in total. The lowest BCUT2D eigenvalue weighted by atomic mass is 10.2. The van der Waals surface area contributed by atoms with Crippen LogP contribution in [0.1, 0.15) is 44.0 Å². The lowest BCUT2D eigenvalue weighted by molar-refractivity contribution is -0.129. The molecule has 1 aromatic heterocycles. The van der Waals surface area contributed by atoms with Crippen LogP contribution in [-0.2, 0) is 9.53 Å². The quantitative estimate of drug-likeness (QED) is 0.632. The van der Waals surface area contributed by atoms with Crippen molar-refractivity contribution in [3.05, 3.63) is 42.1 Å². The number of anilines is 1. The van der Waals surface area contributed by atoms with Gasteiger partial charge in [-0.15, -0.1) is 0 Å². The highest BCUT2D eigenvalue weighted by Gasteiger charge is 2.18. The number of nitrogens with one attached hydrogen (secondary N) is 1. The molecule has 0 aliphatic carbocycles. The normalized spacial score (nSPS) is 10.4. The van der Waals surface area contributed by atoms with Crippen LogP contribution in [0.3, 0.4) is 0 Å². The molecule has 0 aliphatic heterocycles. The summed E-state index contributed by atoms with van der Waals surface area (Å²) in [5.74, 6) is 0.227. The summed E-state index contributed by atoms with van der Waals surface area (Å²) in [6.07, 6.45) is 3.23. The molecule has 1 aromatic carbocycles. The van der Waals surface area contributed by atoms with E-state index in [4.69, 9.17) is 4.74 Å². The first kappa shape index (κ1) is 21.3.